The Morgan fingerprint density at radius 3 is 2.71 bits per heavy atom. The molecule has 1 rings (SSSR count). The van der Waals surface area contributed by atoms with Gasteiger partial charge in [-0.15, -0.1) is 0 Å². The lowest BCUT2D eigenvalue weighted by atomic mass is 10.3. The second-order valence-corrected chi connectivity index (χ2v) is 4.08. The molecule has 1 heterocycles. The quantitative estimate of drug-likeness (QED) is 0.751. The van der Waals surface area contributed by atoms with Crippen LogP contribution in [0.2, 0.25) is 0 Å². The minimum Gasteiger partial charge on any atom is -0.356 e. The third-order valence-electron chi connectivity index (χ3n) is 2.72. The lowest BCUT2D eigenvalue weighted by Gasteiger charge is -2.21. The summed E-state index contributed by atoms with van der Waals surface area (Å²) < 4.78 is 0. The molecule has 0 aliphatic carbocycles. The first-order valence-corrected chi connectivity index (χ1v) is 6.58. The topological polar surface area (TPSA) is 41.1 Å². The number of nitrogens with one attached hydrogen (secondary N) is 1. The van der Waals surface area contributed by atoms with E-state index in [1.54, 1.807) is 0 Å². The lowest BCUT2D eigenvalue weighted by Crippen LogP contribution is -2.25. The van der Waals surface area contributed by atoms with Crippen molar-refractivity contribution in [2.45, 2.75) is 40.2 Å². The molecule has 1 N–H and O–H groups in total. The second kappa shape index (κ2) is 8.01. The van der Waals surface area contributed by atoms with Gasteiger partial charge in [0, 0.05) is 25.8 Å². The van der Waals surface area contributed by atoms with Crippen LogP contribution < -0.4 is 10.2 Å². The molecular weight excluding hydrogens is 212 g/mol. The summed E-state index contributed by atoms with van der Waals surface area (Å²) in [7, 11) is 0. The van der Waals surface area contributed by atoms with Crippen molar-refractivity contribution in [2.75, 3.05) is 24.5 Å². The monoisotopic (exact) mass is 236 g/mol. The predicted octanol–water partition coefficient (Wildman–Crippen LogP) is 2.21. The Bertz CT molecular complexity index is 314. The van der Waals surface area contributed by atoms with E-state index in [4.69, 9.17) is 0 Å². The van der Waals surface area contributed by atoms with E-state index in [0.29, 0.717) is 0 Å². The van der Waals surface area contributed by atoms with Crippen LogP contribution in [0.4, 0.5) is 5.82 Å². The Labute approximate surface area is 104 Å². The predicted molar refractivity (Wildman–Crippen MR) is 72.2 cm³/mol. The highest BCUT2D eigenvalue weighted by Crippen LogP contribution is 2.10. The molecule has 0 saturated heterocycles. The Morgan fingerprint density at radius 1 is 1.24 bits per heavy atom. The van der Waals surface area contributed by atoms with Gasteiger partial charge in [0.25, 0.3) is 0 Å². The molecule has 0 aliphatic rings. The van der Waals surface area contributed by atoms with E-state index in [0.717, 1.165) is 37.7 Å². The van der Waals surface area contributed by atoms with Crippen LogP contribution >= 0.6 is 0 Å². The van der Waals surface area contributed by atoms with Gasteiger partial charge in [-0.1, -0.05) is 20.3 Å². The molecule has 4 nitrogen and oxygen atoms in total. The van der Waals surface area contributed by atoms with Gasteiger partial charge in [-0.05, 0) is 19.9 Å². The second-order valence-electron chi connectivity index (χ2n) is 4.08. The van der Waals surface area contributed by atoms with Crippen LogP contribution in [0.3, 0.4) is 0 Å². The first-order valence-electron chi connectivity index (χ1n) is 6.58. The summed E-state index contributed by atoms with van der Waals surface area (Å²) in [5.74, 6) is 0.997. The number of rotatable bonds is 8. The molecule has 17 heavy (non-hydrogen) atoms. The van der Waals surface area contributed by atoms with Crippen LogP contribution in [0, 0.1) is 0 Å². The Hall–Kier alpha value is -1.16. The third kappa shape index (κ3) is 4.69. The van der Waals surface area contributed by atoms with Crippen LogP contribution in [0.15, 0.2) is 12.4 Å². The van der Waals surface area contributed by atoms with E-state index < -0.39 is 0 Å². The average Bonchev–Trinajstić information content (AvgIpc) is 2.38. The van der Waals surface area contributed by atoms with Crippen molar-refractivity contribution < 1.29 is 0 Å². The average molecular weight is 236 g/mol. The summed E-state index contributed by atoms with van der Waals surface area (Å²) in [6.07, 6.45) is 6.10. The van der Waals surface area contributed by atoms with Crippen molar-refractivity contribution >= 4 is 5.82 Å². The van der Waals surface area contributed by atoms with Gasteiger partial charge in [0.05, 0.1) is 11.9 Å². The molecule has 0 radical (unpaired) electrons. The summed E-state index contributed by atoms with van der Waals surface area (Å²) in [5, 5.41) is 3.27. The summed E-state index contributed by atoms with van der Waals surface area (Å²) in [6, 6.07) is 0. The molecule has 1 aromatic rings. The van der Waals surface area contributed by atoms with Gasteiger partial charge in [0.2, 0.25) is 0 Å². The van der Waals surface area contributed by atoms with E-state index in [-0.39, 0.29) is 0 Å². The first-order chi connectivity index (χ1) is 8.31. The summed E-state index contributed by atoms with van der Waals surface area (Å²) in [6.45, 7) is 10.3. The smallest absolute Gasteiger partial charge is 0.147 e. The SMILES string of the molecule is CCCCN(CC)c1cncc(CNCC)n1. The molecule has 0 aliphatic heterocycles. The molecular formula is C13H24N4. The number of aromatic nitrogens is 2. The number of anilines is 1. The Morgan fingerprint density at radius 2 is 2.06 bits per heavy atom. The summed E-state index contributed by atoms with van der Waals surface area (Å²) in [5.41, 5.74) is 1.01. The number of unbranched alkanes of at least 4 members (excludes halogenated alkanes) is 1. The molecule has 96 valence electrons. The van der Waals surface area contributed by atoms with Gasteiger partial charge < -0.3 is 10.2 Å². The van der Waals surface area contributed by atoms with Gasteiger partial charge in [0.1, 0.15) is 5.82 Å². The first kappa shape index (κ1) is 13.9. The highest BCUT2D eigenvalue weighted by atomic mass is 15.2. The van der Waals surface area contributed by atoms with E-state index in [1.165, 1.54) is 12.8 Å². The van der Waals surface area contributed by atoms with Crippen molar-refractivity contribution in [3.05, 3.63) is 18.1 Å². The molecule has 0 spiro atoms. The fraction of sp³-hybridized carbons (Fsp3) is 0.692. The molecule has 0 unspecified atom stereocenters. The van der Waals surface area contributed by atoms with Gasteiger partial charge in [-0.25, -0.2) is 4.98 Å². The molecule has 4 heteroatoms. The van der Waals surface area contributed by atoms with Crippen molar-refractivity contribution in [1.29, 1.82) is 0 Å². The number of hydrogen-bond acceptors (Lipinski definition) is 4. The standard InChI is InChI=1S/C13H24N4/c1-4-7-8-17(6-3)13-11-15-10-12(16-13)9-14-5-2/h10-11,14H,4-9H2,1-3H3. The number of hydrogen-bond donors (Lipinski definition) is 1. The summed E-state index contributed by atoms with van der Waals surface area (Å²) in [4.78, 5) is 11.2. The van der Waals surface area contributed by atoms with Crippen LogP contribution in [-0.4, -0.2) is 29.6 Å². The number of nitrogens with zero attached hydrogens (tertiary/aromatic N) is 3. The zero-order valence-corrected chi connectivity index (χ0v) is 11.2. The van der Waals surface area contributed by atoms with Crippen LogP contribution in [0.25, 0.3) is 0 Å². The zero-order chi connectivity index (χ0) is 12.5. The minimum absolute atomic E-state index is 0.794. The molecule has 1 aromatic heterocycles. The van der Waals surface area contributed by atoms with Crippen molar-refractivity contribution in [1.82, 2.24) is 15.3 Å². The Kier molecular flexibility index (Phi) is 6.55. The maximum absolute atomic E-state index is 4.64. The fourth-order valence-corrected chi connectivity index (χ4v) is 1.67. The summed E-state index contributed by atoms with van der Waals surface area (Å²) >= 11 is 0. The van der Waals surface area contributed by atoms with E-state index in [2.05, 4.69) is 41.0 Å². The van der Waals surface area contributed by atoms with Crippen LogP contribution in [0.1, 0.15) is 39.3 Å². The normalized spacial score (nSPS) is 10.5. The highest BCUT2D eigenvalue weighted by Gasteiger charge is 2.06. The minimum atomic E-state index is 0.794. The maximum atomic E-state index is 4.64. The highest BCUT2D eigenvalue weighted by molar-refractivity contribution is 5.35. The fourth-order valence-electron chi connectivity index (χ4n) is 1.67. The van der Waals surface area contributed by atoms with Crippen LogP contribution in [-0.2, 0) is 6.54 Å². The molecule has 0 aromatic carbocycles. The zero-order valence-electron chi connectivity index (χ0n) is 11.2. The maximum Gasteiger partial charge on any atom is 0.147 e. The molecule has 0 bridgehead atoms. The van der Waals surface area contributed by atoms with Gasteiger partial charge in [-0.2, -0.15) is 0 Å². The lowest BCUT2D eigenvalue weighted by molar-refractivity contribution is 0.692. The van der Waals surface area contributed by atoms with Gasteiger partial charge in [-0.3, -0.25) is 4.98 Å². The van der Waals surface area contributed by atoms with E-state index in [1.807, 2.05) is 12.4 Å². The van der Waals surface area contributed by atoms with Gasteiger partial charge in [0.15, 0.2) is 0 Å². The molecule has 0 atom stereocenters. The van der Waals surface area contributed by atoms with Crippen molar-refractivity contribution in [3.63, 3.8) is 0 Å². The van der Waals surface area contributed by atoms with E-state index in [9.17, 15) is 0 Å². The third-order valence-corrected chi connectivity index (χ3v) is 2.72. The van der Waals surface area contributed by atoms with Crippen molar-refractivity contribution in [3.8, 4) is 0 Å². The molecule has 0 saturated carbocycles. The van der Waals surface area contributed by atoms with Crippen LogP contribution in [0.5, 0.6) is 0 Å². The van der Waals surface area contributed by atoms with Gasteiger partial charge >= 0.3 is 0 Å². The van der Waals surface area contributed by atoms with Crippen molar-refractivity contribution in [2.24, 2.45) is 0 Å². The van der Waals surface area contributed by atoms with E-state index >= 15 is 0 Å². The molecule has 0 fully saturated rings. The molecule has 0 amide bonds. The Balaban J connectivity index is 2.66. The largest absolute Gasteiger partial charge is 0.356 e.